The number of anilines is 1. The van der Waals surface area contributed by atoms with Crippen LogP contribution in [0.2, 0.25) is 5.02 Å². The molecule has 4 aromatic rings. The fraction of sp³-hybridized carbons (Fsp3) is 0.304. The molecule has 3 heterocycles. The minimum Gasteiger partial charge on any atom is -0.382 e. The van der Waals surface area contributed by atoms with Crippen molar-refractivity contribution in [3.8, 4) is 0 Å². The molecule has 1 aromatic carbocycles. The molecule has 3 N–H and O–H groups in total. The molecule has 0 radical (unpaired) electrons. The third kappa shape index (κ3) is 4.50. The fourth-order valence-corrected chi connectivity index (χ4v) is 4.52. The first-order valence-corrected chi connectivity index (χ1v) is 11.2. The summed E-state index contributed by atoms with van der Waals surface area (Å²) in [5.74, 6) is -0.253. The molecule has 5 rings (SSSR count). The molecule has 1 aliphatic rings. The van der Waals surface area contributed by atoms with E-state index in [1.165, 1.54) is 12.1 Å². The van der Waals surface area contributed by atoms with Gasteiger partial charge < -0.3 is 10.6 Å². The SMILES string of the molecule is O=C(N[C@H]1CC[C@@H](Nc2cc(C(F)(F)F)nc3ccc(Cl)cc23)CC1)c1[nH]nc2ncccc12. The number of pyridine rings is 2. The Hall–Kier alpha value is -3.40. The lowest BCUT2D eigenvalue weighted by Gasteiger charge is -2.30. The van der Waals surface area contributed by atoms with E-state index in [0.29, 0.717) is 58.5 Å². The zero-order valence-corrected chi connectivity index (χ0v) is 18.5. The first-order chi connectivity index (χ1) is 16.3. The average molecular weight is 489 g/mol. The lowest BCUT2D eigenvalue weighted by molar-refractivity contribution is -0.140. The van der Waals surface area contributed by atoms with Crippen LogP contribution >= 0.6 is 11.6 Å². The van der Waals surface area contributed by atoms with Crippen LogP contribution in [-0.4, -0.2) is 38.2 Å². The van der Waals surface area contributed by atoms with E-state index in [2.05, 4.69) is 30.8 Å². The first kappa shape index (κ1) is 22.4. The number of benzene rings is 1. The van der Waals surface area contributed by atoms with E-state index < -0.39 is 11.9 Å². The van der Waals surface area contributed by atoms with E-state index >= 15 is 0 Å². The molecule has 1 fully saturated rings. The van der Waals surface area contributed by atoms with Crippen molar-refractivity contribution in [2.45, 2.75) is 43.9 Å². The maximum atomic E-state index is 13.4. The van der Waals surface area contributed by atoms with Crippen LogP contribution in [-0.2, 0) is 6.18 Å². The molecule has 34 heavy (non-hydrogen) atoms. The van der Waals surface area contributed by atoms with Gasteiger partial charge in [0.25, 0.3) is 5.91 Å². The Morgan fingerprint density at radius 1 is 1.06 bits per heavy atom. The largest absolute Gasteiger partial charge is 0.433 e. The van der Waals surface area contributed by atoms with Crippen molar-refractivity contribution in [1.82, 2.24) is 25.5 Å². The number of aromatic nitrogens is 4. The van der Waals surface area contributed by atoms with E-state index in [4.69, 9.17) is 11.6 Å². The van der Waals surface area contributed by atoms with E-state index in [9.17, 15) is 18.0 Å². The third-order valence-corrected chi connectivity index (χ3v) is 6.27. The Labute approximate surface area is 197 Å². The molecule has 0 bridgehead atoms. The third-order valence-electron chi connectivity index (χ3n) is 6.04. The van der Waals surface area contributed by atoms with Gasteiger partial charge in [-0.1, -0.05) is 11.6 Å². The maximum Gasteiger partial charge on any atom is 0.433 e. The number of amides is 1. The quantitative estimate of drug-likeness (QED) is 0.361. The van der Waals surface area contributed by atoms with Crippen LogP contribution in [0.4, 0.5) is 18.9 Å². The average Bonchev–Trinajstić information content (AvgIpc) is 3.24. The van der Waals surface area contributed by atoms with Crippen LogP contribution in [0.15, 0.2) is 42.6 Å². The molecule has 0 aliphatic heterocycles. The number of carbonyl (C=O) groups is 1. The molecule has 1 aliphatic carbocycles. The van der Waals surface area contributed by atoms with Crippen LogP contribution < -0.4 is 10.6 Å². The Balaban J connectivity index is 1.27. The molecule has 0 spiro atoms. The minimum atomic E-state index is -4.56. The van der Waals surface area contributed by atoms with Gasteiger partial charge in [0.15, 0.2) is 5.65 Å². The van der Waals surface area contributed by atoms with E-state index in [-0.39, 0.29) is 23.5 Å². The van der Waals surface area contributed by atoms with Crippen molar-refractivity contribution >= 4 is 45.1 Å². The van der Waals surface area contributed by atoms with Crippen molar-refractivity contribution in [1.29, 1.82) is 0 Å². The van der Waals surface area contributed by atoms with Crippen LogP contribution in [0.25, 0.3) is 21.9 Å². The molecule has 7 nitrogen and oxygen atoms in total. The highest BCUT2D eigenvalue weighted by Crippen LogP contribution is 2.35. The second kappa shape index (κ2) is 8.75. The van der Waals surface area contributed by atoms with E-state index in [1.807, 2.05) is 0 Å². The summed E-state index contributed by atoms with van der Waals surface area (Å²) in [5, 5.41) is 14.7. The number of alkyl halides is 3. The highest BCUT2D eigenvalue weighted by molar-refractivity contribution is 6.31. The summed E-state index contributed by atoms with van der Waals surface area (Å²) in [7, 11) is 0. The monoisotopic (exact) mass is 488 g/mol. The lowest BCUT2D eigenvalue weighted by atomic mass is 9.90. The summed E-state index contributed by atoms with van der Waals surface area (Å²) in [6, 6.07) is 9.08. The molecule has 1 saturated carbocycles. The highest BCUT2D eigenvalue weighted by Gasteiger charge is 2.34. The normalized spacial score (nSPS) is 18.8. The smallest absolute Gasteiger partial charge is 0.382 e. The van der Waals surface area contributed by atoms with Gasteiger partial charge in [0.05, 0.1) is 10.9 Å². The van der Waals surface area contributed by atoms with Gasteiger partial charge in [-0.2, -0.15) is 18.3 Å². The van der Waals surface area contributed by atoms with Crippen molar-refractivity contribution in [2.24, 2.45) is 0 Å². The number of H-pyrrole nitrogens is 1. The predicted octanol–water partition coefficient (Wildman–Crippen LogP) is 5.33. The molecule has 0 atom stereocenters. The van der Waals surface area contributed by atoms with Crippen molar-refractivity contribution < 1.29 is 18.0 Å². The maximum absolute atomic E-state index is 13.4. The second-order valence-corrected chi connectivity index (χ2v) is 8.79. The zero-order chi connectivity index (χ0) is 23.9. The number of rotatable bonds is 4. The van der Waals surface area contributed by atoms with Crippen LogP contribution in [0.5, 0.6) is 0 Å². The summed E-state index contributed by atoms with van der Waals surface area (Å²) >= 11 is 6.08. The number of hydrogen-bond donors (Lipinski definition) is 3. The van der Waals surface area contributed by atoms with Gasteiger partial charge in [-0.15, -0.1) is 0 Å². The summed E-state index contributed by atoms with van der Waals surface area (Å²) < 4.78 is 40.1. The number of hydrogen-bond acceptors (Lipinski definition) is 5. The molecule has 0 saturated heterocycles. The Morgan fingerprint density at radius 3 is 2.59 bits per heavy atom. The molecule has 3 aromatic heterocycles. The molecule has 1 amide bonds. The molecule has 0 unspecified atom stereocenters. The number of halogens is 4. The number of nitrogens with zero attached hydrogens (tertiary/aromatic N) is 3. The van der Waals surface area contributed by atoms with Gasteiger partial charge in [0.2, 0.25) is 0 Å². The van der Waals surface area contributed by atoms with E-state index in [1.54, 1.807) is 24.4 Å². The number of fused-ring (bicyclic) bond motifs is 2. The van der Waals surface area contributed by atoms with E-state index in [0.717, 1.165) is 6.07 Å². The zero-order valence-electron chi connectivity index (χ0n) is 17.8. The van der Waals surface area contributed by atoms with Gasteiger partial charge in [0.1, 0.15) is 11.4 Å². The van der Waals surface area contributed by atoms with Crippen molar-refractivity contribution in [3.63, 3.8) is 0 Å². The lowest BCUT2D eigenvalue weighted by Crippen LogP contribution is -2.40. The molecule has 11 heteroatoms. The topological polar surface area (TPSA) is 95.6 Å². The summed E-state index contributed by atoms with van der Waals surface area (Å²) in [4.78, 5) is 20.6. The summed E-state index contributed by atoms with van der Waals surface area (Å²) in [5.41, 5.74) is 0.464. The first-order valence-electron chi connectivity index (χ1n) is 10.8. The summed E-state index contributed by atoms with van der Waals surface area (Å²) in [6.07, 6.45) is -0.216. The van der Waals surface area contributed by atoms with Crippen LogP contribution in [0, 0.1) is 0 Å². The predicted molar refractivity (Wildman–Crippen MR) is 123 cm³/mol. The highest BCUT2D eigenvalue weighted by atomic mass is 35.5. The van der Waals surface area contributed by atoms with Gasteiger partial charge >= 0.3 is 6.18 Å². The number of nitrogens with one attached hydrogen (secondary N) is 3. The van der Waals surface area contributed by atoms with Gasteiger partial charge in [0, 0.05) is 34.4 Å². The summed E-state index contributed by atoms with van der Waals surface area (Å²) in [6.45, 7) is 0. The van der Waals surface area contributed by atoms with Crippen molar-refractivity contribution in [2.75, 3.05) is 5.32 Å². The molecular formula is C23H20ClF3N6O. The minimum absolute atomic E-state index is 0.0454. The molecule has 176 valence electrons. The van der Waals surface area contributed by atoms with Crippen LogP contribution in [0.1, 0.15) is 41.9 Å². The standard InChI is InChI=1S/C23H20ClF3N6O/c24-12-3-8-17-16(10-12)18(11-19(31-17)23(25,26)27)29-13-4-6-14(7-5-13)30-22(34)20-15-2-1-9-28-21(15)33-32-20/h1-3,8-11,13-14H,4-7H2,(H,29,31)(H,30,34)(H,28,32,33)/t13-,14+. The van der Waals surface area contributed by atoms with Gasteiger partial charge in [-0.3, -0.25) is 9.89 Å². The second-order valence-electron chi connectivity index (χ2n) is 8.35. The Bertz CT molecular complexity index is 1360. The van der Waals surface area contributed by atoms with Gasteiger partial charge in [-0.25, -0.2) is 9.97 Å². The fourth-order valence-electron chi connectivity index (χ4n) is 4.35. The molecular weight excluding hydrogens is 469 g/mol. The Kier molecular flexibility index (Phi) is 5.76. The van der Waals surface area contributed by atoms with Crippen molar-refractivity contribution in [3.05, 3.63) is 59.0 Å². The van der Waals surface area contributed by atoms with Gasteiger partial charge in [-0.05, 0) is 62.1 Å². The number of aromatic amines is 1. The van der Waals surface area contributed by atoms with Crippen LogP contribution in [0.3, 0.4) is 0 Å². The Morgan fingerprint density at radius 2 is 1.82 bits per heavy atom. The number of carbonyl (C=O) groups excluding carboxylic acids is 1.